The van der Waals surface area contributed by atoms with E-state index in [9.17, 15) is 4.79 Å². The third kappa shape index (κ3) is 3.17. The van der Waals surface area contributed by atoms with Crippen molar-refractivity contribution in [1.29, 1.82) is 0 Å². The summed E-state index contributed by atoms with van der Waals surface area (Å²) in [6.07, 6.45) is 4.64. The number of rotatable bonds is 4. The molecule has 0 aliphatic heterocycles. The largest absolute Gasteiger partial charge is 0.497 e. The van der Waals surface area contributed by atoms with E-state index >= 15 is 0 Å². The Morgan fingerprint density at radius 1 is 1.47 bits per heavy atom. The zero-order valence-corrected chi connectivity index (χ0v) is 11.2. The van der Waals surface area contributed by atoms with Crippen LogP contribution in [0.25, 0.3) is 16.2 Å². The van der Waals surface area contributed by atoms with Crippen LogP contribution in [0.15, 0.2) is 42.7 Å². The maximum Gasteiger partial charge on any atom is 0.244 e. The van der Waals surface area contributed by atoms with Gasteiger partial charge in [0.25, 0.3) is 0 Å². The highest BCUT2D eigenvalue weighted by Crippen LogP contribution is 2.24. The van der Waals surface area contributed by atoms with Crippen molar-refractivity contribution < 1.29 is 9.53 Å². The number of carbonyl (C=O) groups excluding carboxylic acids is 1. The van der Waals surface area contributed by atoms with Gasteiger partial charge in [-0.3, -0.25) is 4.79 Å². The van der Waals surface area contributed by atoms with Crippen LogP contribution in [0.1, 0.15) is 0 Å². The number of primary amides is 1. The molecule has 0 bridgehead atoms. The lowest BCUT2D eigenvalue weighted by molar-refractivity contribution is -0.113. The van der Waals surface area contributed by atoms with Gasteiger partial charge in [0.2, 0.25) is 5.91 Å². The molecule has 1 heterocycles. The third-order valence-corrected chi connectivity index (χ3v) is 2.83. The molecule has 98 valence electrons. The zero-order chi connectivity index (χ0) is 13.8. The lowest BCUT2D eigenvalue weighted by Gasteiger charge is -2.02. The second-order valence-electron chi connectivity index (χ2n) is 3.81. The molecular formula is C13H13N3O2S. The van der Waals surface area contributed by atoms with Gasteiger partial charge in [-0.25, -0.2) is 4.68 Å². The molecule has 2 rings (SSSR count). The van der Waals surface area contributed by atoms with Crippen LogP contribution < -0.4 is 10.5 Å². The van der Waals surface area contributed by atoms with Gasteiger partial charge in [-0.2, -0.15) is 5.10 Å². The van der Waals surface area contributed by atoms with Gasteiger partial charge in [0.15, 0.2) is 0 Å². The second-order valence-corrected chi connectivity index (χ2v) is 4.27. The number of hydrogen-bond acceptors (Lipinski definition) is 4. The van der Waals surface area contributed by atoms with Gasteiger partial charge < -0.3 is 10.5 Å². The van der Waals surface area contributed by atoms with Crippen LogP contribution in [-0.4, -0.2) is 22.8 Å². The van der Waals surface area contributed by atoms with Crippen LogP contribution in [0, 0.1) is 0 Å². The number of ether oxygens (including phenoxy) is 1. The van der Waals surface area contributed by atoms with Crippen molar-refractivity contribution in [1.82, 2.24) is 9.78 Å². The molecule has 19 heavy (non-hydrogen) atoms. The fraction of sp³-hybridized carbons (Fsp3) is 0.0769. The first-order valence-corrected chi connectivity index (χ1v) is 5.94. The van der Waals surface area contributed by atoms with Crippen LogP contribution in [0.3, 0.4) is 0 Å². The Morgan fingerprint density at radius 2 is 2.26 bits per heavy atom. The summed E-state index contributed by atoms with van der Waals surface area (Å²) in [4.78, 5) is 10.8. The number of benzene rings is 1. The standard InChI is InChI=1S/C13H13N3O2S/c1-18-11-4-2-3-9(5-11)10-7-15-16(8-10)13(19)6-12(14)17/h2-8,19H,1H3,(H2,14,17)/b13-6-. The summed E-state index contributed by atoms with van der Waals surface area (Å²) < 4.78 is 6.64. The van der Waals surface area contributed by atoms with Gasteiger partial charge >= 0.3 is 0 Å². The van der Waals surface area contributed by atoms with E-state index in [-0.39, 0.29) is 0 Å². The van der Waals surface area contributed by atoms with E-state index in [2.05, 4.69) is 17.7 Å². The minimum Gasteiger partial charge on any atom is -0.497 e. The summed E-state index contributed by atoms with van der Waals surface area (Å²) >= 11 is 4.16. The summed E-state index contributed by atoms with van der Waals surface area (Å²) in [6.45, 7) is 0. The van der Waals surface area contributed by atoms with Crippen molar-refractivity contribution in [3.63, 3.8) is 0 Å². The molecule has 6 heteroatoms. The Labute approximate surface area is 116 Å². The lowest BCUT2D eigenvalue weighted by atomic mass is 10.1. The maximum absolute atomic E-state index is 10.8. The van der Waals surface area contributed by atoms with Crippen molar-refractivity contribution in [2.45, 2.75) is 0 Å². The Bertz CT molecular complexity index is 634. The van der Waals surface area contributed by atoms with Crippen LogP contribution >= 0.6 is 12.6 Å². The van der Waals surface area contributed by atoms with Crippen LogP contribution in [0.4, 0.5) is 0 Å². The Hall–Kier alpha value is -2.21. The number of methoxy groups -OCH3 is 1. The van der Waals surface area contributed by atoms with Crippen LogP contribution in [0.5, 0.6) is 5.75 Å². The number of amides is 1. The molecule has 2 aromatic rings. The Morgan fingerprint density at radius 3 is 2.95 bits per heavy atom. The van der Waals surface area contributed by atoms with Gasteiger partial charge in [0.1, 0.15) is 5.75 Å². The fourth-order valence-electron chi connectivity index (χ4n) is 1.59. The van der Waals surface area contributed by atoms with E-state index in [0.29, 0.717) is 5.03 Å². The molecule has 0 unspecified atom stereocenters. The normalized spacial score (nSPS) is 11.4. The molecule has 0 radical (unpaired) electrons. The van der Waals surface area contributed by atoms with E-state index in [1.54, 1.807) is 19.5 Å². The Balaban J connectivity index is 2.32. The predicted octanol–water partition coefficient (Wildman–Crippen LogP) is 1.77. The summed E-state index contributed by atoms with van der Waals surface area (Å²) in [5.74, 6) is 0.201. The summed E-state index contributed by atoms with van der Waals surface area (Å²) in [6, 6.07) is 7.61. The molecule has 1 amide bonds. The number of aromatic nitrogens is 2. The molecule has 0 saturated carbocycles. The minimum absolute atomic E-state index is 0.363. The van der Waals surface area contributed by atoms with Gasteiger partial charge in [-0.1, -0.05) is 12.1 Å². The molecule has 0 aliphatic rings. The van der Waals surface area contributed by atoms with E-state index in [4.69, 9.17) is 10.5 Å². The summed E-state index contributed by atoms with van der Waals surface area (Å²) in [7, 11) is 1.62. The average molecular weight is 275 g/mol. The van der Waals surface area contributed by atoms with Crippen LogP contribution in [0.2, 0.25) is 0 Å². The average Bonchev–Trinajstić information content (AvgIpc) is 2.88. The SMILES string of the molecule is COc1cccc(-c2cnn(/C(S)=C/C(N)=O)c2)c1. The quantitative estimate of drug-likeness (QED) is 0.660. The van der Waals surface area contributed by atoms with Crippen molar-refractivity contribution >= 4 is 23.6 Å². The highest BCUT2D eigenvalue weighted by atomic mass is 32.1. The highest BCUT2D eigenvalue weighted by Gasteiger charge is 2.05. The number of carbonyl (C=O) groups is 1. The first kappa shape index (κ1) is 13.2. The fourth-order valence-corrected chi connectivity index (χ4v) is 1.83. The predicted molar refractivity (Wildman–Crippen MR) is 76.7 cm³/mol. The maximum atomic E-state index is 10.8. The molecule has 5 nitrogen and oxygen atoms in total. The summed E-state index contributed by atoms with van der Waals surface area (Å²) in [5.41, 5.74) is 6.92. The van der Waals surface area contributed by atoms with Crippen molar-refractivity contribution in [3.05, 3.63) is 42.7 Å². The third-order valence-electron chi connectivity index (χ3n) is 2.49. The number of hydrogen-bond donors (Lipinski definition) is 2. The number of nitrogens with two attached hydrogens (primary N) is 1. The van der Waals surface area contributed by atoms with Gasteiger partial charge in [-0.05, 0) is 17.7 Å². The molecule has 0 spiro atoms. The van der Waals surface area contributed by atoms with Gasteiger partial charge in [0.05, 0.1) is 18.3 Å². The van der Waals surface area contributed by atoms with Crippen molar-refractivity contribution in [2.24, 2.45) is 5.73 Å². The molecule has 1 aromatic carbocycles. The minimum atomic E-state index is -0.566. The molecule has 0 fully saturated rings. The topological polar surface area (TPSA) is 70.1 Å². The van der Waals surface area contributed by atoms with E-state index in [1.165, 1.54) is 10.8 Å². The van der Waals surface area contributed by atoms with Crippen LogP contribution in [-0.2, 0) is 4.79 Å². The first-order valence-electron chi connectivity index (χ1n) is 5.49. The van der Waals surface area contributed by atoms with Crippen molar-refractivity contribution in [3.8, 4) is 16.9 Å². The molecule has 0 atom stereocenters. The second kappa shape index (κ2) is 5.62. The highest BCUT2D eigenvalue weighted by molar-refractivity contribution is 7.90. The molecule has 0 aliphatic carbocycles. The van der Waals surface area contributed by atoms with E-state index < -0.39 is 5.91 Å². The Kier molecular flexibility index (Phi) is 3.91. The van der Waals surface area contributed by atoms with Gasteiger partial charge in [0, 0.05) is 17.8 Å². The first-order chi connectivity index (χ1) is 9.10. The van der Waals surface area contributed by atoms with Gasteiger partial charge in [-0.15, -0.1) is 12.6 Å². The van der Waals surface area contributed by atoms with Crippen molar-refractivity contribution in [2.75, 3.05) is 7.11 Å². The van der Waals surface area contributed by atoms with E-state index in [1.807, 2.05) is 24.3 Å². The monoisotopic (exact) mass is 275 g/mol. The molecule has 2 N–H and O–H groups in total. The molecule has 1 aromatic heterocycles. The molecule has 0 saturated heterocycles. The number of thiol groups is 1. The van der Waals surface area contributed by atoms with E-state index in [0.717, 1.165) is 16.9 Å². The summed E-state index contributed by atoms with van der Waals surface area (Å²) in [5, 5.41) is 4.49. The smallest absolute Gasteiger partial charge is 0.244 e. The molecular weight excluding hydrogens is 262 g/mol. The number of nitrogens with zero attached hydrogens (tertiary/aromatic N) is 2. The lowest BCUT2D eigenvalue weighted by Crippen LogP contribution is -2.07. The zero-order valence-electron chi connectivity index (χ0n) is 10.3.